The van der Waals surface area contributed by atoms with Gasteiger partial charge in [-0.1, -0.05) is 21.3 Å². The fraction of sp³-hybridized carbons (Fsp3) is 0.292. The lowest BCUT2D eigenvalue weighted by atomic mass is 10.0. The molecule has 0 saturated heterocycles. The molecular formula is C24H28N4O3. The Hall–Kier alpha value is -3.79. The number of nitrogens with one attached hydrogen (secondary N) is 1. The van der Waals surface area contributed by atoms with E-state index in [0.29, 0.717) is 23.2 Å². The van der Waals surface area contributed by atoms with E-state index < -0.39 is 5.97 Å². The Kier molecular flexibility index (Phi) is 7.43. The predicted molar refractivity (Wildman–Crippen MR) is 123 cm³/mol. The van der Waals surface area contributed by atoms with Crippen molar-refractivity contribution in [2.24, 2.45) is 0 Å². The normalized spacial score (nSPS) is 10.2. The number of carbonyl (C=O) groups is 1. The number of aromatic nitrogens is 3. The van der Waals surface area contributed by atoms with Crippen LogP contribution in [0.1, 0.15) is 43.5 Å². The molecule has 4 aromatic rings. The van der Waals surface area contributed by atoms with Crippen LogP contribution in [0, 0.1) is 18.3 Å². The summed E-state index contributed by atoms with van der Waals surface area (Å²) in [7, 11) is 1.64. The fourth-order valence-corrected chi connectivity index (χ4v) is 3.65. The third-order valence-electron chi connectivity index (χ3n) is 4.93. The number of aromatic amines is 1. The summed E-state index contributed by atoms with van der Waals surface area (Å²) in [6.45, 7) is 6.48. The standard InChI is InChI=1S/C21H18N4O3.C2H6.CH4/c1-12-7-18(28-2)17(15-5-6-23-20(12)15)11-25-10-14-4-3-13(9-22)16(8-19(26)27)21(14)24-25;1-2;/h3-7,10,23H,8,11H2,1-2H3,(H,26,27);1-2H3;1H4. The lowest BCUT2D eigenvalue weighted by Crippen LogP contribution is -2.05. The number of H-pyrrole nitrogens is 1. The molecule has 0 saturated carbocycles. The molecule has 0 aliphatic heterocycles. The summed E-state index contributed by atoms with van der Waals surface area (Å²) in [6.07, 6.45) is 3.51. The number of ether oxygens (including phenoxy) is 1. The van der Waals surface area contributed by atoms with Gasteiger partial charge in [0.05, 0.1) is 37.2 Å². The highest BCUT2D eigenvalue weighted by atomic mass is 16.5. The van der Waals surface area contributed by atoms with Gasteiger partial charge >= 0.3 is 5.97 Å². The number of hydrogen-bond donors (Lipinski definition) is 2. The van der Waals surface area contributed by atoms with Gasteiger partial charge in [0, 0.05) is 39.8 Å². The topological polar surface area (TPSA) is 104 Å². The number of rotatable bonds is 5. The second kappa shape index (κ2) is 9.81. The van der Waals surface area contributed by atoms with Gasteiger partial charge in [-0.25, -0.2) is 0 Å². The zero-order valence-electron chi connectivity index (χ0n) is 17.5. The van der Waals surface area contributed by atoms with Gasteiger partial charge in [0.15, 0.2) is 0 Å². The molecule has 31 heavy (non-hydrogen) atoms. The number of fused-ring (bicyclic) bond motifs is 2. The Morgan fingerprint density at radius 3 is 2.68 bits per heavy atom. The molecule has 4 rings (SSSR count). The molecule has 2 aromatic heterocycles. The molecule has 2 aromatic carbocycles. The van der Waals surface area contributed by atoms with E-state index in [-0.39, 0.29) is 13.8 Å². The molecule has 0 fully saturated rings. The highest BCUT2D eigenvalue weighted by Crippen LogP contribution is 2.31. The molecule has 0 bridgehead atoms. The first-order valence-corrected chi connectivity index (χ1v) is 9.76. The Bertz CT molecular complexity index is 1260. The minimum absolute atomic E-state index is 0. The first kappa shape index (κ1) is 23.5. The average molecular weight is 421 g/mol. The van der Waals surface area contributed by atoms with Gasteiger partial charge in [-0.2, -0.15) is 10.4 Å². The number of aliphatic carboxylic acids is 1. The van der Waals surface area contributed by atoms with Crippen molar-refractivity contribution in [3.8, 4) is 11.8 Å². The number of hydrogen-bond acceptors (Lipinski definition) is 4. The van der Waals surface area contributed by atoms with Crippen molar-refractivity contribution in [2.75, 3.05) is 7.11 Å². The predicted octanol–water partition coefficient (Wildman–Crippen LogP) is 5.04. The van der Waals surface area contributed by atoms with Crippen LogP contribution >= 0.6 is 0 Å². The lowest BCUT2D eigenvalue weighted by molar-refractivity contribution is -0.136. The van der Waals surface area contributed by atoms with Crippen LogP contribution < -0.4 is 4.74 Å². The molecule has 0 radical (unpaired) electrons. The van der Waals surface area contributed by atoms with Gasteiger partial charge in [0.25, 0.3) is 0 Å². The summed E-state index contributed by atoms with van der Waals surface area (Å²) in [5.74, 6) is -0.222. The minimum atomic E-state index is -0.993. The van der Waals surface area contributed by atoms with Crippen LogP contribution in [0.3, 0.4) is 0 Å². The molecular weight excluding hydrogens is 392 g/mol. The summed E-state index contributed by atoms with van der Waals surface area (Å²) >= 11 is 0. The Morgan fingerprint density at radius 2 is 2.03 bits per heavy atom. The van der Waals surface area contributed by atoms with Crippen molar-refractivity contribution in [1.82, 2.24) is 14.8 Å². The van der Waals surface area contributed by atoms with Gasteiger partial charge in [0.2, 0.25) is 0 Å². The molecule has 0 unspecified atom stereocenters. The van der Waals surface area contributed by atoms with E-state index in [1.165, 1.54) is 0 Å². The second-order valence-corrected chi connectivity index (χ2v) is 6.68. The van der Waals surface area contributed by atoms with E-state index in [0.717, 1.165) is 33.2 Å². The maximum atomic E-state index is 11.2. The van der Waals surface area contributed by atoms with Crippen LogP contribution in [0.2, 0.25) is 0 Å². The van der Waals surface area contributed by atoms with E-state index in [4.69, 9.17) is 4.74 Å². The third-order valence-corrected chi connectivity index (χ3v) is 4.93. The number of carboxylic acid groups (broad SMARTS) is 1. The number of nitriles is 1. The number of aryl methyl sites for hydroxylation is 1. The van der Waals surface area contributed by atoms with Crippen LogP contribution in [-0.4, -0.2) is 33.0 Å². The summed E-state index contributed by atoms with van der Waals surface area (Å²) in [6, 6.07) is 9.49. The molecule has 0 spiro atoms. The van der Waals surface area contributed by atoms with Crippen molar-refractivity contribution in [3.05, 3.63) is 58.9 Å². The zero-order valence-corrected chi connectivity index (χ0v) is 17.5. The SMILES string of the molecule is C.CC.COc1cc(C)c2[nH]ccc2c1Cn1cc2ccc(C#N)c(CC(=O)O)c2n1. The molecule has 7 nitrogen and oxygen atoms in total. The number of benzene rings is 2. The summed E-state index contributed by atoms with van der Waals surface area (Å²) in [4.78, 5) is 14.5. The average Bonchev–Trinajstić information content (AvgIpc) is 3.39. The zero-order chi connectivity index (χ0) is 21.8. The van der Waals surface area contributed by atoms with E-state index in [2.05, 4.69) is 16.2 Å². The monoisotopic (exact) mass is 420 g/mol. The summed E-state index contributed by atoms with van der Waals surface area (Å²) in [5, 5.41) is 25.0. The van der Waals surface area contributed by atoms with Crippen LogP contribution in [0.15, 0.2) is 36.7 Å². The quantitative estimate of drug-likeness (QED) is 0.470. The van der Waals surface area contributed by atoms with E-state index in [1.807, 2.05) is 45.3 Å². The molecule has 0 aliphatic rings. The Balaban J connectivity index is 0.00000111. The second-order valence-electron chi connectivity index (χ2n) is 6.68. The van der Waals surface area contributed by atoms with E-state index >= 15 is 0 Å². The molecule has 0 amide bonds. The van der Waals surface area contributed by atoms with Crippen molar-refractivity contribution >= 4 is 27.8 Å². The van der Waals surface area contributed by atoms with Crippen LogP contribution in [0.5, 0.6) is 5.75 Å². The van der Waals surface area contributed by atoms with E-state index in [1.54, 1.807) is 23.9 Å². The van der Waals surface area contributed by atoms with Gasteiger partial charge in [-0.05, 0) is 36.8 Å². The molecule has 0 atom stereocenters. The van der Waals surface area contributed by atoms with Crippen LogP contribution in [0.25, 0.3) is 21.8 Å². The van der Waals surface area contributed by atoms with Crippen LogP contribution in [-0.2, 0) is 17.8 Å². The number of nitrogens with zero attached hydrogens (tertiary/aromatic N) is 3. The lowest BCUT2D eigenvalue weighted by Gasteiger charge is -2.12. The Labute approximate surface area is 181 Å². The molecule has 0 aliphatic carbocycles. The summed E-state index contributed by atoms with van der Waals surface area (Å²) < 4.78 is 7.35. The van der Waals surface area contributed by atoms with Crippen LogP contribution in [0.4, 0.5) is 0 Å². The highest BCUT2D eigenvalue weighted by molar-refractivity contribution is 5.89. The van der Waals surface area contributed by atoms with Crippen molar-refractivity contribution in [1.29, 1.82) is 5.26 Å². The van der Waals surface area contributed by atoms with Crippen molar-refractivity contribution < 1.29 is 14.6 Å². The minimum Gasteiger partial charge on any atom is -0.496 e. The first-order chi connectivity index (χ1) is 14.5. The largest absolute Gasteiger partial charge is 0.496 e. The highest BCUT2D eigenvalue weighted by Gasteiger charge is 2.17. The fourth-order valence-electron chi connectivity index (χ4n) is 3.65. The maximum absolute atomic E-state index is 11.2. The Morgan fingerprint density at radius 1 is 1.29 bits per heavy atom. The maximum Gasteiger partial charge on any atom is 0.307 e. The molecule has 7 heteroatoms. The van der Waals surface area contributed by atoms with Gasteiger partial charge in [-0.15, -0.1) is 0 Å². The smallest absolute Gasteiger partial charge is 0.307 e. The molecule has 2 heterocycles. The van der Waals surface area contributed by atoms with E-state index in [9.17, 15) is 15.2 Å². The summed E-state index contributed by atoms with van der Waals surface area (Å²) in [5.41, 5.74) is 4.43. The van der Waals surface area contributed by atoms with Gasteiger partial charge in [-0.3, -0.25) is 9.48 Å². The van der Waals surface area contributed by atoms with Gasteiger partial charge in [0.1, 0.15) is 5.75 Å². The third kappa shape index (κ3) is 4.38. The molecule has 162 valence electrons. The first-order valence-electron chi connectivity index (χ1n) is 9.76. The van der Waals surface area contributed by atoms with Crippen molar-refractivity contribution in [3.63, 3.8) is 0 Å². The number of carboxylic acids is 1. The van der Waals surface area contributed by atoms with Crippen molar-refractivity contribution in [2.45, 2.75) is 41.2 Å². The van der Waals surface area contributed by atoms with Gasteiger partial charge < -0.3 is 14.8 Å². The molecule has 2 N–H and O–H groups in total. The number of methoxy groups -OCH3 is 1.